The predicted molar refractivity (Wildman–Crippen MR) is 29.7 cm³/mol. The van der Waals surface area contributed by atoms with Crippen molar-refractivity contribution in [2.75, 3.05) is 6.61 Å². The summed E-state index contributed by atoms with van der Waals surface area (Å²) in [6.45, 7) is 1.83. The van der Waals surface area contributed by atoms with Gasteiger partial charge in [-0.3, -0.25) is 0 Å². The van der Waals surface area contributed by atoms with Gasteiger partial charge in [-0.15, -0.1) is 5.92 Å². The van der Waals surface area contributed by atoms with Crippen molar-refractivity contribution in [1.29, 1.82) is 0 Å². The first-order chi connectivity index (χ1) is 3.41. The fraction of sp³-hybridized carbons (Fsp3) is 0.333. The SMILES string of the molecule is CC#CC=CCO. The molecular weight excluding hydrogens is 88.1 g/mol. The second kappa shape index (κ2) is 5.26. The van der Waals surface area contributed by atoms with Crippen molar-refractivity contribution in [3.63, 3.8) is 0 Å². The van der Waals surface area contributed by atoms with Crippen LogP contribution < -0.4 is 0 Å². The van der Waals surface area contributed by atoms with Crippen LogP contribution in [0.25, 0.3) is 0 Å². The van der Waals surface area contributed by atoms with Crippen LogP contribution in [0.5, 0.6) is 0 Å². The number of rotatable bonds is 1. The number of allylic oxidation sites excluding steroid dienone is 1. The Labute approximate surface area is 43.7 Å². The van der Waals surface area contributed by atoms with Crippen LogP contribution >= 0.6 is 0 Å². The molecule has 0 aliphatic heterocycles. The molecule has 1 N–H and O–H groups in total. The van der Waals surface area contributed by atoms with E-state index in [1.807, 2.05) is 0 Å². The zero-order chi connectivity index (χ0) is 5.54. The Hall–Kier alpha value is -0.740. The van der Waals surface area contributed by atoms with E-state index >= 15 is 0 Å². The summed E-state index contributed by atoms with van der Waals surface area (Å²) in [5.74, 6) is 5.31. The van der Waals surface area contributed by atoms with Gasteiger partial charge in [0.25, 0.3) is 0 Å². The van der Waals surface area contributed by atoms with E-state index in [0.717, 1.165) is 0 Å². The van der Waals surface area contributed by atoms with Crippen molar-refractivity contribution in [2.45, 2.75) is 6.92 Å². The summed E-state index contributed by atoms with van der Waals surface area (Å²) in [7, 11) is 0. The van der Waals surface area contributed by atoms with Gasteiger partial charge in [-0.25, -0.2) is 0 Å². The second-order valence-corrected chi connectivity index (χ2v) is 0.979. The molecule has 0 amide bonds. The third-order valence-corrected chi connectivity index (χ3v) is 0.451. The minimum Gasteiger partial charge on any atom is -0.392 e. The Bertz CT molecular complexity index is 103. The molecule has 0 bridgehead atoms. The van der Waals surface area contributed by atoms with Crippen molar-refractivity contribution in [3.05, 3.63) is 12.2 Å². The normalized spacial score (nSPS) is 8.29. The standard InChI is InChI=1S/C6H8O/c1-2-3-4-5-6-7/h4-5,7H,6H2,1H3. The maximum Gasteiger partial charge on any atom is 0.0621 e. The molecule has 0 atom stereocenters. The highest BCUT2D eigenvalue weighted by Gasteiger charge is 1.57. The summed E-state index contributed by atoms with van der Waals surface area (Å²) in [6.07, 6.45) is 3.22. The minimum atomic E-state index is 0.0781. The van der Waals surface area contributed by atoms with Gasteiger partial charge >= 0.3 is 0 Å². The Kier molecular flexibility index (Phi) is 4.70. The fourth-order valence-electron chi connectivity index (χ4n) is 0.195. The molecule has 0 aromatic rings. The molecule has 0 saturated carbocycles. The lowest BCUT2D eigenvalue weighted by molar-refractivity contribution is 0.343. The van der Waals surface area contributed by atoms with Crippen LogP contribution in [-0.4, -0.2) is 11.7 Å². The molecule has 0 fully saturated rings. The van der Waals surface area contributed by atoms with Crippen LogP contribution in [0.1, 0.15) is 6.92 Å². The minimum absolute atomic E-state index is 0.0781. The second-order valence-electron chi connectivity index (χ2n) is 0.979. The first-order valence-electron chi connectivity index (χ1n) is 2.10. The molecule has 0 heterocycles. The predicted octanol–water partition coefficient (Wildman–Crippen LogP) is 0.558. The molecule has 1 heteroatoms. The van der Waals surface area contributed by atoms with Crippen molar-refractivity contribution in [1.82, 2.24) is 0 Å². The van der Waals surface area contributed by atoms with Crippen LogP contribution in [-0.2, 0) is 0 Å². The Balaban J connectivity index is 3.21. The zero-order valence-corrected chi connectivity index (χ0v) is 4.31. The van der Waals surface area contributed by atoms with Gasteiger partial charge in [-0.1, -0.05) is 12.0 Å². The molecule has 0 aliphatic rings. The van der Waals surface area contributed by atoms with E-state index in [-0.39, 0.29) is 6.61 Å². The maximum atomic E-state index is 8.14. The smallest absolute Gasteiger partial charge is 0.0621 e. The molecule has 0 saturated heterocycles. The Morgan fingerprint density at radius 3 is 2.86 bits per heavy atom. The molecule has 1 nitrogen and oxygen atoms in total. The number of hydrogen-bond donors (Lipinski definition) is 1. The molecule has 0 aromatic carbocycles. The summed E-state index contributed by atoms with van der Waals surface area (Å²) < 4.78 is 0. The molecular formula is C6H8O. The van der Waals surface area contributed by atoms with E-state index in [0.29, 0.717) is 0 Å². The maximum absolute atomic E-state index is 8.14. The first-order valence-corrected chi connectivity index (χ1v) is 2.10. The summed E-state index contributed by atoms with van der Waals surface area (Å²) in [6, 6.07) is 0. The van der Waals surface area contributed by atoms with Crippen LogP contribution in [0.3, 0.4) is 0 Å². The van der Waals surface area contributed by atoms with Gasteiger partial charge in [0.1, 0.15) is 0 Å². The van der Waals surface area contributed by atoms with Gasteiger partial charge in [-0.05, 0) is 13.0 Å². The topological polar surface area (TPSA) is 20.2 Å². The van der Waals surface area contributed by atoms with Gasteiger partial charge in [0.05, 0.1) is 6.61 Å². The van der Waals surface area contributed by atoms with Gasteiger partial charge in [-0.2, -0.15) is 0 Å². The lowest BCUT2D eigenvalue weighted by Crippen LogP contribution is -1.66. The van der Waals surface area contributed by atoms with E-state index in [9.17, 15) is 0 Å². The van der Waals surface area contributed by atoms with Gasteiger partial charge in [0, 0.05) is 0 Å². The van der Waals surface area contributed by atoms with E-state index in [2.05, 4.69) is 11.8 Å². The highest BCUT2D eigenvalue weighted by Crippen LogP contribution is 1.64. The summed E-state index contributed by atoms with van der Waals surface area (Å²) in [5.41, 5.74) is 0. The monoisotopic (exact) mass is 96.1 g/mol. The lowest BCUT2D eigenvalue weighted by atomic mass is 10.5. The average Bonchev–Trinajstić information content (AvgIpc) is 1.69. The van der Waals surface area contributed by atoms with E-state index in [4.69, 9.17) is 5.11 Å². The number of aliphatic hydroxyl groups is 1. The largest absolute Gasteiger partial charge is 0.392 e. The molecule has 0 spiro atoms. The summed E-state index contributed by atoms with van der Waals surface area (Å²) >= 11 is 0. The average molecular weight is 96.1 g/mol. The molecule has 0 rings (SSSR count). The van der Waals surface area contributed by atoms with Crippen molar-refractivity contribution in [2.24, 2.45) is 0 Å². The molecule has 7 heavy (non-hydrogen) atoms. The molecule has 38 valence electrons. The van der Waals surface area contributed by atoms with Crippen molar-refractivity contribution < 1.29 is 5.11 Å². The molecule has 0 aliphatic carbocycles. The molecule has 0 aromatic heterocycles. The van der Waals surface area contributed by atoms with E-state index < -0.39 is 0 Å². The van der Waals surface area contributed by atoms with Crippen LogP contribution in [0.2, 0.25) is 0 Å². The van der Waals surface area contributed by atoms with E-state index in [1.54, 1.807) is 19.1 Å². The number of hydrogen-bond acceptors (Lipinski definition) is 1. The zero-order valence-electron chi connectivity index (χ0n) is 4.31. The van der Waals surface area contributed by atoms with Crippen LogP contribution in [0, 0.1) is 11.8 Å². The molecule has 0 unspecified atom stereocenters. The highest BCUT2D eigenvalue weighted by atomic mass is 16.2. The van der Waals surface area contributed by atoms with Gasteiger partial charge in [0.15, 0.2) is 0 Å². The van der Waals surface area contributed by atoms with Crippen molar-refractivity contribution in [3.8, 4) is 11.8 Å². The lowest BCUT2D eigenvalue weighted by Gasteiger charge is -1.67. The first kappa shape index (κ1) is 6.26. The highest BCUT2D eigenvalue weighted by molar-refractivity contribution is 5.13. The van der Waals surface area contributed by atoms with Gasteiger partial charge < -0.3 is 5.11 Å². The number of aliphatic hydroxyl groups excluding tert-OH is 1. The summed E-state index contributed by atoms with van der Waals surface area (Å²) in [4.78, 5) is 0. The van der Waals surface area contributed by atoms with Gasteiger partial charge in [0.2, 0.25) is 0 Å². The quantitative estimate of drug-likeness (QED) is 0.473. The third kappa shape index (κ3) is 5.26. The van der Waals surface area contributed by atoms with Crippen molar-refractivity contribution >= 4 is 0 Å². The Morgan fingerprint density at radius 1 is 1.71 bits per heavy atom. The van der Waals surface area contributed by atoms with Crippen LogP contribution in [0.15, 0.2) is 12.2 Å². The summed E-state index contributed by atoms with van der Waals surface area (Å²) in [5, 5.41) is 8.14. The Morgan fingerprint density at radius 2 is 2.43 bits per heavy atom. The third-order valence-electron chi connectivity index (χ3n) is 0.451. The fourth-order valence-corrected chi connectivity index (χ4v) is 0.195. The van der Waals surface area contributed by atoms with Crippen LogP contribution in [0.4, 0.5) is 0 Å². The molecule has 0 radical (unpaired) electrons. The van der Waals surface area contributed by atoms with E-state index in [1.165, 1.54) is 0 Å².